The number of benzene rings is 2. The molecule has 1 N–H and O–H groups in total. The molecule has 1 aliphatic rings. The molecular weight excluding hydrogens is 487 g/mol. The number of nitrogens with one attached hydrogen (secondary N) is 1. The summed E-state index contributed by atoms with van der Waals surface area (Å²) in [5.41, 5.74) is 1.04. The van der Waals surface area contributed by atoms with Gasteiger partial charge in [0, 0.05) is 48.6 Å². The molecule has 3 aromatic rings. The summed E-state index contributed by atoms with van der Waals surface area (Å²) in [7, 11) is 0. The molecule has 1 aromatic heterocycles. The van der Waals surface area contributed by atoms with Gasteiger partial charge in [0.25, 0.3) is 0 Å². The number of piperazine rings is 1. The average Bonchev–Trinajstić information content (AvgIpc) is 3.17. The lowest BCUT2D eigenvalue weighted by atomic mass is 10.3. The number of halogens is 2. The Morgan fingerprint density at radius 2 is 1.93 bits per heavy atom. The second-order valence-electron chi connectivity index (χ2n) is 7.03. The van der Waals surface area contributed by atoms with E-state index in [0.717, 1.165) is 52.7 Å². The zero-order chi connectivity index (χ0) is 20.9. The van der Waals surface area contributed by atoms with Gasteiger partial charge in [-0.3, -0.25) is 9.69 Å². The summed E-state index contributed by atoms with van der Waals surface area (Å²) < 4.78 is 15.2. The van der Waals surface area contributed by atoms with Crippen LogP contribution >= 0.6 is 39.0 Å². The molecule has 4 rings (SSSR count). The zero-order valence-corrected chi connectivity index (χ0v) is 19.5. The molecule has 2 heterocycles. The first-order valence-corrected chi connectivity index (χ1v) is 12.3. The van der Waals surface area contributed by atoms with E-state index in [4.69, 9.17) is 4.98 Å². The summed E-state index contributed by atoms with van der Waals surface area (Å²) in [4.78, 5) is 22.4. The van der Waals surface area contributed by atoms with E-state index < -0.39 is 0 Å². The highest BCUT2D eigenvalue weighted by atomic mass is 79.9. The second-order valence-corrected chi connectivity index (χ2v) is 10.0. The van der Waals surface area contributed by atoms with Gasteiger partial charge in [-0.15, -0.1) is 11.8 Å². The standard InChI is InChI=1S/C21H22BrFN4OS2/c22-15-1-6-18-19(13-15)30-21(25-18)27-11-9-26(10-12-27)8-7-24-20(28)14-29-17-4-2-16(23)3-5-17/h1-6,13H,7-12,14H2,(H,24,28). The fourth-order valence-electron chi connectivity index (χ4n) is 3.27. The number of aromatic nitrogens is 1. The number of carbonyl (C=O) groups is 1. The second kappa shape index (κ2) is 10.1. The number of hydrogen-bond acceptors (Lipinski definition) is 6. The molecule has 1 aliphatic heterocycles. The summed E-state index contributed by atoms with van der Waals surface area (Å²) in [5, 5.41) is 4.05. The Morgan fingerprint density at radius 3 is 2.70 bits per heavy atom. The maximum absolute atomic E-state index is 12.9. The molecule has 2 aromatic carbocycles. The first-order valence-electron chi connectivity index (χ1n) is 9.75. The third kappa shape index (κ3) is 5.72. The molecule has 0 spiro atoms. The Morgan fingerprint density at radius 1 is 1.17 bits per heavy atom. The van der Waals surface area contributed by atoms with Crippen LogP contribution in [0.25, 0.3) is 10.2 Å². The van der Waals surface area contributed by atoms with Crippen LogP contribution in [0.4, 0.5) is 9.52 Å². The molecule has 1 saturated heterocycles. The highest BCUT2D eigenvalue weighted by Crippen LogP contribution is 2.31. The van der Waals surface area contributed by atoms with Gasteiger partial charge in [0.2, 0.25) is 5.91 Å². The molecule has 5 nitrogen and oxygen atoms in total. The number of rotatable bonds is 7. The van der Waals surface area contributed by atoms with Crippen LogP contribution in [0.2, 0.25) is 0 Å². The Labute approximate surface area is 191 Å². The molecular formula is C21H22BrFN4OS2. The predicted molar refractivity (Wildman–Crippen MR) is 126 cm³/mol. The van der Waals surface area contributed by atoms with Crippen molar-refractivity contribution < 1.29 is 9.18 Å². The highest BCUT2D eigenvalue weighted by molar-refractivity contribution is 9.10. The van der Waals surface area contributed by atoms with E-state index in [1.807, 2.05) is 12.1 Å². The molecule has 0 saturated carbocycles. The molecule has 0 unspecified atom stereocenters. The minimum atomic E-state index is -0.264. The fourth-order valence-corrected chi connectivity index (χ4v) is 5.57. The average molecular weight is 509 g/mol. The van der Waals surface area contributed by atoms with Crippen LogP contribution in [0.3, 0.4) is 0 Å². The summed E-state index contributed by atoms with van der Waals surface area (Å²) >= 11 is 6.66. The Bertz CT molecular complexity index is 1010. The molecule has 30 heavy (non-hydrogen) atoms. The summed E-state index contributed by atoms with van der Waals surface area (Å²) in [5.74, 6) is 0.0799. The van der Waals surface area contributed by atoms with Crippen molar-refractivity contribution in [1.29, 1.82) is 0 Å². The van der Waals surface area contributed by atoms with E-state index in [1.165, 1.54) is 28.6 Å². The molecule has 9 heteroatoms. The van der Waals surface area contributed by atoms with E-state index in [-0.39, 0.29) is 11.7 Å². The minimum Gasteiger partial charge on any atom is -0.354 e. The number of nitrogens with zero attached hydrogens (tertiary/aromatic N) is 3. The van der Waals surface area contributed by atoms with Gasteiger partial charge in [0.1, 0.15) is 5.82 Å². The van der Waals surface area contributed by atoms with Crippen LogP contribution in [-0.2, 0) is 4.79 Å². The van der Waals surface area contributed by atoms with Crippen LogP contribution in [-0.4, -0.2) is 60.8 Å². The van der Waals surface area contributed by atoms with Gasteiger partial charge in [0.15, 0.2) is 5.13 Å². The molecule has 0 aliphatic carbocycles. The third-order valence-electron chi connectivity index (χ3n) is 4.92. The molecule has 1 fully saturated rings. The molecule has 158 valence electrons. The van der Waals surface area contributed by atoms with E-state index in [0.29, 0.717) is 12.3 Å². The minimum absolute atomic E-state index is 0.00333. The van der Waals surface area contributed by atoms with Crippen LogP contribution in [0, 0.1) is 5.82 Å². The highest BCUT2D eigenvalue weighted by Gasteiger charge is 2.19. The van der Waals surface area contributed by atoms with Crippen molar-refractivity contribution in [1.82, 2.24) is 15.2 Å². The van der Waals surface area contributed by atoms with Crippen LogP contribution in [0.5, 0.6) is 0 Å². The molecule has 0 bridgehead atoms. The number of amides is 1. The van der Waals surface area contributed by atoms with E-state index in [1.54, 1.807) is 23.5 Å². The summed E-state index contributed by atoms with van der Waals surface area (Å²) in [6.07, 6.45) is 0. The number of thiazole rings is 1. The van der Waals surface area contributed by atoms with Gasteiger partial charge in [-0.25, -0.2) is 9.37 Å². The van der Waals surface area contributed by atoms with E-state index in [9.17, 15) is 9.18 Å². The third-order valence-corrected chi connectivity index (χ3v) is 7.50. The summed E-state index contributed by atoms with van der Waals surface area (Å²) in [6.45, 7) is 5.27. The molecule has 0 radical (unpaired) electrons. The van der Waals surface area contributed by atoms with Crippen molar-refractivity contribution in [2.24, 2.45) is 0 Å². The molecule has 0 atom stereocenters. The van der Waals surface area contributed by atoms with Gasteiger partial charge in [-0.1, -0.05) is 27.3 Å². The zero-order valence-electron chi connectivity index (χ0n) is 16.3. The van der Waals surface area contributed by atoms with E-state index >= 15 is 0 Å². The predicted octanol–water partition coefficient (Wildman–Crippen LogP) is 4.23. The van der Waals surface area contributed by atoms with Crippen LogP contribution < -0.4 is 10.2 Å². The van der Waals surface area contributed by atoms with Crippen molar-refractivity contribution >= 4 is 60.3 Å². The number of thioether (sulfide) groups is 1. The molecule has 1 amide bonds. The maximum Gasteiger partial charge on any atom is 0.230 e. The fraction of sp³-hybridized carbons (Fsp3) is 0.333. The van der Waals surface area contributed by atoms with Crippen LogP contribution in [0.15, 0.2) is 51.8 Å². The van der Waals surface area contributed by atoms with Crippen molar-refractivity contribution in [3.05, 3.63) is 52.8 Å². The summed E-state index contributed by atoms with van der Waals surface area (Å²) in [6, 6.07) is 12.4. The Hall–Kier alpha value is -1.68. The van der Waals surface area contributed by atoms with Crippen molar-refractivity contribution in [3.63, 3.8) is 0 Å². The SMILES string of the molecule is O=C(CSc1ccc(F)cc1)NCCN1CCN(c2nc3ccc(Br)cc3s2)CC1. The lowest BCUT2D eigenvalue weighted by molar-refractivity contribution is -0.118. The van der Waals surface area contributed by atoms with Gasteiger partial charge in [-0.05, 0) is 42.5 Å². The first-order chi connectivity index (χ1) is 14.6. The van der Waals surface area contributed by atoms with Gasteiger partial charge in [0.05, 0.1) is 16.0 Å². The first kappa shape index (κ1) is 21.5. The van der Waals surface area contributed by atoms with Crippen molar-refractivity contribution in [3.8, 4) is 0 Å². The number of carbonyl (C=O) groups excluding carboxylic acids is 1. The number of hydrogen-bond donors (Lipinski definition) is 1. The van der Waals surface area contributed by atoms with Crippen LogP contribution in [0.1, 0.15) is 0 Å². The smallest absolute Gasteiger partial charge is 0.230 e. The number of anilines is 1. The van der Waals surface area contributed by atoms with Crippen molar-refractivity contribution in [2.75, 3.05) is 49.9 Å². The lowest BCUT2D eigenvalue weighted by Crippen LogP contribution is -2.48. The van der Waals surface area contributed by atoms with Crippen molar-refractivity contribution in [2.45, 2.75) is 4.90 Å². The van der Waals surface area contributed by atoms with Gasteiger partial charge in [-0.2, -0.15) is 0 Å². The number of fused-ring (bicyclic) bond motifs is 1. The lowest BCUT2D eigenvalue weighted by Gasteiger charge is -2.34. The van der Waals surface area contributed by atoms with Gasteiger partial charge >= 0.3 is 0 Å². The quantitative estimate of drug-likeness (QED) is 0.484. The maximum atomic E-state index is 12.9. The van der Waals surface area contributed by atoms with E-state index in [2.05, 4.69) is 37.1 Å². The normalized spacial score (nSPS) is 14.9. The van der Waals surface area contributed by atoms with Gasteiger partial charge < -0.3 is 10.2 Å². The Balaban J connectivity index is 1.16. The topological polar surface area (TPSA) is 48.5 Å². The monoisotopic (exact) mass is 508 g/mol. The Kier molecular flexibility index (Phi) is 7.24. The largest absolute Gasteiger partial charge is 0.354 e.